The van der Waals surface area contributed by atoms with Crippen molar-refractivity contribution in [3.05, 3.63) is 18.3 Å². The van der Waals surface area contributed by atoms with E-state index in [9.17, 15) is 9.90 Å². The molecule has 1 aromatic heterocycles. The highest BCUT2D eigenvalue weighted by molar-refractivity contribution is 5.92. The summed E-state index contributed by atoms with van der Waals surface area (Å²) in [6.07, 6.45) is 5.92. The highest BCUT2D eigenvalue weighted by atomic mass is 16.3. The van der Waals surface area contributed by atoms with E-state index in [1.54, 1.807) is 11.1 Å². The van der Waals surface area contributed by atoms with Crippen molar-refractivity contribution >= 4 is 17.5 Å². The number of likely N-dealkylation sites (tertiary alicyclic amines) is 1. The van der Waals surface area contributed by atoms with Crippen LogP contribution in [0, 0.1) is 0 Å². The van der Waals surface area contributed by atoms with Crippen molar-refractivity contribution in [1.29, 1.82) is 0 Å². The maximum atomic E-state index is 12.4. The fraction of sp³-hybridized carbons (Fsp3) is 0.600. The number of carbonyl (C=O) groups is 1. The van der Waals surface area contributed by atoms with E-state index >= 15 is 0 Å². The summed E-state index contributed by atoms with van der Waals surface area (Å²) in [4.78, 5) is 20.8. The standard InChI is InChI=1S/C15H22N4O2/c20-11-12-5-4-10-19(12)15(21)17-13-6-3-7-16-14(13)18-8-1-2-9-18/h3,6-7,12,20H,1-2,4-5,8-11H2,(H,17,21)/t12-/m1/s1. The minimum atomic E-state index is -0.139. The van der Waals surface area contributed by atoms with Crippen molar-refractivity contribution in [2.45, 2.75) is 31.7 Å². The van der Waals surface area contributed by atoms with Gasteiger partial charge in [-0.15, -0.1) is 0 Å². The number of anilines is 2. The van der Waals surface area contributed by atoms with Gasteiger partial charge in [-0.3, -0.25) is 0 Å². The maximum absolute atomic E-state index is 12.4. The Hall–Kier alpha value is -1.82. The number of urea groups is 1. The second kappa shape index (κ2) is 6.30. The van der Waals surface area contributed by atoms with Crippen LogP contribution in [-0.2, 0) is 0 Å². The molecule has 0 aliphatic carbocycles. The van der Waals surface area contributed by atoms with Gasteiger partial charge < -0.3 is 20.2 Å². The molecule has 2 aliphatic rings. The van der Waals surface area contributed by atoms with Gasteiger partial charge in [0.1, 0.15) is 0 Å². The Morgan fingerprint density at radius 2 is 2.14 bits per heavy atom. The average molecular weight is 290 g/mol. The smallest absolute Gasteiger partial charge is 0.322 e. The molecule has 6 nitrogen and oxygen atoms in total. The summed E-state index contributed by atoms with van der Waals surface area (Å²) in [5, 5.41) is 12.3. The Morgan fingerprint density at radius 3 is 2.90 bits per heavy atom. The van der Waals surface area contributed by atoms with Gasteiger partial charge in [-0.05, 0) is 37.8 Å². The molecule has 0 saturated carbocycles. The monoisotopic (exact) mass is 290 g/mol. The fourth-order valence-corrected chi connectivity index (χ4v) is 3.16. The Kier molecular flexibility index (Phi) is 4.24. The molecule has 3 heterocycles. The molecule has 1 aromatic rings. The molecule has 2 saturated heterocycles. The van der Waals surface area contributed by atoms with Crippen molar-refractivity contribution < 1.29 is 9.90 Å². The van der Waals surface area contributed by atoms with Crippen molar-refractivity contribution in [1.82, 2.24) is 9.88 Å². The second-order valence-electron chi connectivity index (χ2n) is 5.67. The second-order valence-corrected chi connectivity index (χ2v) is 5.67. The summed E-state index contributed by atoms with van der Waals surface area (Å²) in [6.45, 7) is 2.71. The lowest BCUT2D eigenvalue weighted by Crippen LogP contribution is -2.40. The molecule has 0 aromatic carbocycles. The van der Waals surface area contributed by atoms with Crippen LogP contribution >= 0.6 is 0 Å². The topological polar surface area (TPSA) is 68.7 Å². The summed E-state index contributed by atoms with van der Waals surface area (Å²) in [6, 6.07) is 3.53. The number of aromatic nitrogens is 1. The molecule has 3 rings (SSSR count). The van der Waals surface area contributed by atoms with Crippen molar-refractivity contribution in [3.8, 4) is 0 Å². The van der Waals surface area contributed by atoms with Crippen LogP contribution in [0.2, 0.25) is 0 Å². The molecule has 2 fully saturated rings. The van der Waals surface area contributed by atoms with Gasteiger partial charge in [-0.25, -0.2) is 9.78 Å². The van der Waals surface area contributed by atoms with Gasteiger partial charge in [-0.1, -0.05) is 0 Å². The first kappa shape index (κ1) is 14.1. The average Bonchev–Trinajstić information content (AvgIpc) is 3.19. The quantitative estimate of drug-likeness (QED) is 0.888. The van der Waals surface area contributed by atoms with Gasteiger partial charge in [0.25, 0.3) is 0 Å². The molecule has 2 aliphatic heterocycles. The van der Waals surface area contributed by atoms with Crippen LogP contribution in [0.15, 0.2) is 18.3 Å². The molecule has 0 bridgehead atoms. The van der Waals surface area contributed by atoms with Crippen LogP contribution in [0.5, 0.6) is 0 Å². The first-order valence-electron chi connectivity index (χ1n) is 7.68. The van der Waals surface area contributed by atoms with Crippen molar-refractivity contribution in [2.24, 2.45) is 0 Å². The molecule has 2 amide bonds. The van der Waals surface area contributed by atoms with E-state index < -0.39 is 0 Å². The summed E-state index contributed by atoms with van der Waals surface area (Å²) in [5.74, 6) is 0.850. The lowest BCUT2D eigenvalue weighted by atomic mass is 10.2. The molecule has 0 radical (unpaired) electrons. The van der Waals surface area contributed by atoms with Gasteiger partial charge in [0, 0.05) is 25.8 Å². The summed E-state index contributed by atoms with van der Waals surface area (Å²) >= 11 is 0. The van der Waals surface area contributed by atoms with Gasteiger partial charge >= 0.3 is 6.03 Å². The summed E-state index contributed by atoms with van der Waals surface area (Å²) < 4.78 is 0. The molecular weight excluding hydrogens is 268 g/mol. The third kappa shape index (κ3) is 2.95. The number of amides is 2. The van der Waals surface area contributed by atoms with Crippen LogP contribution in [0.25, 0.3) is 0 Å². The van der Waals surface area contributed by atoms with E-state index in [1.165, 1.54) is 12.8 Å². The van der Waals surface area contributed by atoms with Crippen molar-refractivity contribution in [2.75, 3.05) is 36.5 Å². The lowest BCUT2D eigenvalue weighted by molar-refractivity contribution is 0.166. The molecule has 0 spiro atoms. The number of nitrogens with one attached hydrogen (secondary N) is 1. The first-order valence-corrected chi connectivity index (χ1v) is 7.68. The van der Waals surface area contributed by atoms with E-state index in [4.69, 9.17) is 0 Å². The zero-order valence-electron chi connectivity index (χ0n) is 12.2. The number of hydrogen-bond acceptors (Lipinski definition) is 4. The Labute approximate surface area is 124 Å². The molecule has 114 valence electrons. The summed E-state index contributed by atoms with van der Waals surface area (Å²) in [7, 11) is 0. The number of carbonyl (C=O) groups excluding carboxylic acids is 1. The molecule has 6 heteroatoms. The summed E-state index contributed by atoms with van der Waals surface area (Å²) in [5.41, 5.74) is 0.757. The Bertz CT molecular complexity index is 502. The van der Waals surface area contributed by atoms with E-state index in [0.29, 0.717) is 6.54 Å². The highest BCUT2D eigenvalue weighted by Crippen LogP contribution is 2.27. The fourth-order valence-electron chi connectivity index (χ4n) is 3.16. The molecule has 21 heavy (non-hydrogen) atoms. The number of rotatable bonds is 3. The molecule has 2 N–H and O–H groups in total. The van der Waals surface area contributed by atoms with Gasteiger partial charge in [0.05, 0.1) is 18.3 Å². The van der Waals surface area contributed by atoms with Crippen LogP contribution in [0.3, 0.4) is 0 Å². The van der Waals surface area contributed by atoms with Crippen LogP contribution in [0.4, 0.5) is 16.3 Å². The predicted octanol–water partition coefficient (Wildman–Crippen LogP) is 1.67. The Morgan fingerprint density at radius 1 is 1.33 bits per heavy atom. The SMILES string of the molecule is O=C(Nc1cccnc1N1CCCC1)N1CCC[C@@H]1CO. The largest absolute Gasteiger partial charge is 0.394 e. The minimum Gasteiger partial charge on any atom is -0.394 e. The molecule has 0 unspecified atom stereocenters. The predicted molar refractivity (Wildman–Crippen MR) is 81.5 cm³/mol. The lowest BCUT2D eigenvalue weighted by Gasteiger charge is -2.25. The van der Waals surface area contributed by atoms with Gasteiger partial charge in [0.2, 0.25) is 0 Å². The third-order valence-corrected chi connectivity index (χ3v) is 4.28. The number of hydrogen-bond donors (Lipinski definition) is 2. The maximum Gasteiger partial charge on any atom is 0.322 e. The highest BCUT2D eigenvalue weighted by Gasteiger charge is 2.29. The number of aliphatic hydroxyl groups excluding tert-OH is 1. The van der Waals surface area contributed by atoms with E-state index in [-0.39, 0.29) is 18.7 Å². The van der Waals surface area contributed by atoms with Crippen LogP contribution in [-0.4, -0.2) is 53.3 Å². The van der Waals surface area contributed by atoms with Crippen molar-refractivity contribution in [3.63, 3.8) is 0 Å². The first-order chi connectivity index (χ1) is 10.3. The molecular formula is C15H22N4O2. The van der Waals surface area contributed by atoms with Crippen LogP contribution < -0.4 is 10.2 Å². The zero-order valence-corrected chi connectivity index (χ0v) is 12.2. The van der Waals surface area contributed by atoms with E-state index in [1.807, 2.05) is 12.1 Å². The van der Waals surface area contributed by atoms with E-state index in [2.05, 4.69) is 15.2 Å². The van der Waals surface area contributed by atoms with Gasteiger partial charge in [0.15, 0.2) is 5.82 Å². The zero-order chi connectivity index (χ0) is 14.7. The minimum absolute atomic E-state index is 0.0272. The third-order valence-electron chi connectivity index (χ3n) is 4.28. The normalized spacial score (nSPS) is 21.9. The number of pyridine rings is 1. The van der Waals surface area contributed by atoms with E-state index in [0.717, 1.165) is 37.4 Å². The Balaban J connectivity index is 1.73. The number of nitrogens with zero attached hydrogens (tertiary/aromatic N) is 3. The van der Waals surface area contributed by atoms with Gasteiger partial charge in [-0.2, -0.15) is 0 Å². The molecule has 1 atom stereocenters. The van der Waals surface area contributed by atoms with Crippen LogP contribution in [0.1, 0.15) is 25.7 Å². The number of aliphatic hydroxyl groups is 1.